The van der Waals surface area contributed by atoms with Gasteiger partial charge < -0.3 is 4.74 Å². The zero-order valence-corrected chi connectivity index (χ0v) is 17.9. The normalized spacial score (nSPS) is 10.5. The van der Waals surface area contributed by atoms with E-state index in [4.69, 9.17) is 28.6 Å². The van der Waals surface area contributed by atoms with Crippen molar-refractivity contribution in [2.75, 3.05) is 7.11 Å². The third kappa shape index (κ3) is 5.05. The first-order chi connectivity index (χ1) is 14.4. The van der Waals surface area contributed by atoms with Crippen molar-refractivity contribution in [3.05, 3.63) is 63.4 Å². The lowest BCUT2D eigenvalue weighted by molar-refractivity contribution is -0.122. The molecule has 0 atom stereocenters. The number of amides is 2. The maximum atomic E-state index is 12.3. The summed E-state index contributed by atoms with van der Waals surface area (Å²) in [4.78, 5) is 24.6. The van der Waals surface area contributed by atoms with E-state index in [-0.39, 0.29) is 17.9 Å². The zero-order chi connectivity index (χ0) is 21.7. The largest absolute Gasteiger partial charge is 0.496 e. The van der Waals surface area contributed by atoms with Crippen molar-refractivity contribution in [2.45, 2.75) is 19.9 Å². The zero-order valence-electron chi connectivity index (χ0n) is 16.4. The van der Waals surface area contributed by atoms with Gasteiger partial charge in [0.05, 0.1) is 12.7 Å². The number of nitrogens with zero attached hydrogens (tertiary/aromatic N) is 2. The van der Waals surface area contributed by atoms with Gasteiger partial charge in [0.15, 0.2) is 10.6 Å². The first-order valence-corrected chi connectivity index (χ1v) is 9.82. The fourth-order valence-corrected chi connectivity index (χ4v) is 3.25. The topological polar surface area (TPSA) is 101 Å². The third-order valence-corrected chi connectivity index (χ3v) is 4.87. The number of halogens is 1. The van der Waals surface area contributed by atoms with Crippen molar-refractivity contribution >= 4 is 35.6 Å². The SMILES string of the molecule is COc1ccc(Cl)cc1C(=O)NNC(=O)CCn1c(-c2cccc(C)c2)n[nH]c1=S. The van der Waals surface area contributed by atoms with E-state index in [1.54, 1.807) is 16.7 Å². The minimum absolute atomic E-state index is 0.0830. The number of methoxy groups -OCH3 is 1. The first kappa shape index (κ1) is 21.5. The molecule has 0 saturated carbocycles. The van der Waals surface area contributed by atoms with Crippen molar-refractivity contribution in [2.24, 2.45) is 0 Å². The van der Waals surface area contributed by atoms with E-state index in [0.717, 1.165) is 11.1 Å². The van der Waals surface area contributed by atoms with Crippen LogP contribution in [0.2, 0.25) is 5.02 Å². The number of benzene rings is 2. The number of carbonyl (C=O) groups is 2. The predicted molar refractivity (Wildman–Crippen MR) is 116 cm³/mol. The summed E-state index contributed by atoms with van der Waals surface area (Å²) in [7, 11) is 1.44. The third-order valence-electron chi connectivity index (χ3n) is 4.32. The molecular formula is C20H20ClN5O3S. The van der Waals surface area contributed by atoms with Crippen LogP contribution in [0.4, 0.5) is 0 Å². The molecule has 10 heteroatoms. The Bertz CT molecular complexity index is 1140. The fourth-order valence-electron chi connectivity index (χ4n) is 2.86. The standard InChI is InChI=1S/C20H20ClN5O3S/c1-12-4-3-5-13(10-12)18-23-25-20(30)26(18)9-8-17(27)22-24-19(28)15-11-14(21)6-7-16(15)29-2/h3-7,10-11H,8-9H2,1-2H3,(H,22,27)(H,24,28)(H,25,30). The number of aromatic amines is 1. The molecule has 0 fully saturated rings. The molecule has 156 valence electrons. The molecule has 1 aromatic heterocycles. The maximum absolute atomic E-state index is 12.3. The van der Waals surface area contributed by atoms with Gasteiger partial charge in [-0.25, -0.2) is 0 Å². The average molecular weight is 446 g/mol. The molecule has 0 saturated heterocycles. The van der Waals surface area contributed by atoms with E-state index in [0.29, 0.717) is 27.9 Å². The summed E-state index contributed by atoms with van der Waals surface area (Å²) in [5, 5.41) is 7.40. The van der Waals surface area contributed by atoms with Gasteiger partial charge >= 0.3 is 0 Å². The Morgan fingerprint density at radius 3 is 2.77 bits per heavy atom. The lowest BCUT2D eigenvalue weighted by Gasteiger charge is -2.11. The number of carbonyl (C=O) groups excluding carboxylic acids is 2. The van der Waals surface area contributed by atoms with Gasteiger partial charge in [-0.15, -0.1) is 0 Å². The first-order valence-electron chi connectivity index (χ1n) is 9.04. The highest BCUT2D eigenvalue weighted by Gasteiger charge is 2.15. The van der Waals surface area contributed by atoms with E-state index in [2.05, 4.69) is 21.0 Å². The number of hydrogen-bond donors (Lipinski definition) is 3. The summed E-state index contributed by atoms with van der Waals surface area (Å²) >= 11 is 11.2. The van der Waals surface area contributed by atoms with Gasteiger partial charge in [-0.05, 0) is 43.4 Å². The van der Waals surface area contributed by atoms with E-state index in [1.807, 2.05) is 31.2 Å². The lowest BCUT2D eigenvalue weighted by atomic mass is 10.1. The second kappa shape index (κ2) is 9.55. The van der Waals surface area contributed by atoms with Gasteiger partial charge in [0.2, 0.25) is 5.91 Å². The number of aryl methyl sites for hydroxylation is 1. The number of rotatable bonds is 6. The molecule has 0 bridgehead atoms. The van der Waals surface area contributed by atoms with Gasteiger partial charge in [0, 0.05) is 23.6 Å². The van der Waals surface area contributed by atoms with E-state index < -0.39 is 5.91 Å². The molecular weight excluding hydrogens is 426 g/mol. The van der Waals surface area contributed by atoms with E-state index >= 15 is 0 Å². The van der Waals surface area contributed by atoms with Crippen LogP contribution >= 0.6 is 23.8 Å². The van der Waals surface area contributed by atoms with Crippen LogP contribution < -0.4 is 15.6 Å². The predicted octanol–water partition coefficient (Wildman–Crippen LogP) is 3.43. The van der Waals surface area contributed by atoms with Crippen LogP contribution in [0.3, 0.4) is 0 Å². The maximum Gasteiger partial charge on any atom is 0.273 e. The summed E-state index contributed by atoms with van der Waals surface area (Å²) in [6.07, 6.45) is 0.0830. The second-order valence-corrected chi connectivity index (χ2v) is 7.29. The van der Waals surface area contributed by atoms with Crippen LogP contribution in [0.25, 0.3) is 11.4 Å². The molecule has 3 aromatic rings. The Labute approximate surface area is 183 Å². The summed E-state index contributed by atoms with van der Waals surface area (Å²) in [6.45, 7) is 2.28. The monoisotopic (exact) mass is 445 g/mol. The molecule has 3 N–H and O–H groups in total. The lowest BCUT2D eigenvalue weighted by Crippen LogP contribution is -2.42. The Hall–Kier alpha value is -3.17. The van der Waals surface area contributed by atoms with E-state index in [1.165, 1.54) is 13.2 Å². The van der Waals surface area contributed by atoms with Gasteiger partial charge in [-0.3, -0.25) is 30.1 Å². The molecule has 0 spiro atoms. The Balaban J connectivity index is 1.62. The molecule has 8 nitrogen and oxygen atoms in total. The highest BCUT2D eigenvalue weighted by molar-refractivity contribution is 7.71. The summed E-state index contributed by atoms with van der Waals surface area (Å²) < 4.78 is 7.29. The number of hydrazine groups is 1. The molecule has 0 aliphatic heterocycles. The fraction of sp³-hybridized carbons (Fsp3) is 0.200. The van der Waals surface area contributed by atoms with E-state index in [9.17, 15) is 9.59 Å². The highest BCUT2D eigenvalue weighted by Crippen LogP contribution is 2.22. The Morgan fingerprint density at radius 2 is 2.03 bits per heavy atom. The molecule has 0 radical (unpaired) electrons. The van der Waals surface area contributed by atoms with Crippen molar-refractivity contribution in [3.8, 4) is 17.1 Å². The number of ether oxygens (including phenoxy) is 1. The Kier molecular flexibility index (Phi) is 6.86. The molecule has 0 unspecified atom stereocenters. The van der Waals surface area contributed by atoms with Crippen LogP contribution in [0, 0.1) is 11.7 Å². The van der Waals surface area contributed by atoms with Gasteiger partial charge in [-0.2, -0.15) is 5.10 Å². The summed E-state index contributed by atoms with van der Waals surface area (Å²) in [5.41, 5.74) is 6.94. The smallest absolute Gasteiger partial charge is 0.273 e. The number of nitrogens with one attached hydrogen (secondary N) is 3. The average Bonchev–Trinajstić information content (AvgIpc) is 3.10. The quantitative estimate of drug-likeness (QED) is 0.398. The molecule has 3 rings (SSSR count). The van der Waals surface area contributed by atoms with Gasteiger partial charge in [-0.1, -0.05) is 35.4 Å². The van der Waals surface area contributed by atoms with Crippen LogP contribution in [-0.4, -0.2) is 33.7 Å². The van der Waals surface area contributed by atoms with Crippen LogP contribution in [0.5, 0.6) is 5.75 Å². The van der Waals surface area contributed by atoms with Gasteiger partial charge in [0.25, 0.3) is 5.91 Å². The Morgan fingerprint density at radius 1 is 1.23 bits per heavy atom. The molecule has 1 heterocycles. The minimum atomic E-state index is -0.539. The molecule has 2 amide bonds. The number of H-pyrrole nitrogens is 1. The minimum Gasteiger partial charge on any atom is -0.496 e. The number of hydrogen-bond acceptors (Lipinski definition) is 5. The van der Waals surface area contributed by atoms with Crippen LogP contribution in [0.15, 0.2) is 42.5 Å². The summed E-state index contributed by atoms with van der Waals surface area (Å²) in [6, 6.07) is 12.5. The van der Waals surface area contributed by atoms with Crippen molar-refractivity contribution in [1.82, 2.24) is 25.6 Å². The van der Waals surface area contributed by atoms with Gasteiger partial charge in [0.1, 0.15) is 5.75 Å². The van der Waals surface area contributed by atoms with Crippen molar-refractivity contribution in [3.63, 3.8) is 0 Å². The van der Waals surface area contributed by atoms with Crippen LogP contribution in [0.1, 0.15) is 22.3 Å². The molecule has 0 aliphatic carbocycles. The molecule has 0 aliphatic rings. The second-order valence-electron chi connectivity index (χ2n) is 6.47. The van der Waals surface area contributed by atoms with Crippen LogP contribution in [-0.2, 0) is 11.3 Å². The number of aromatic nitrogens is 3. The highest BCUT2D eigenvalue weighted by atomic mass is 35.5. The molecule has 30 heavy (non-hydrogen) atoms. The van der Waals surface area contributed by atoms with Crippen molar-refractivity contribution < 1.29 is 14.3 Å². The molecule has 2 aromatic carbocycles. The van der Waals surface area contributed by atoms with Crippen molar-refractivity contribution in [1.29, 1.82) is 0 Å². The summed E-state index contributed by atoms with van der Waals surface area (Å²) in [5.74, 6) is 0.0635.